The Bertz CT molecular complexity index is 1220. The highest BCUT2D eigenvalue weighted by Crippen LogP contribution is 2.22. The van der Waals surface area contributed by atoms with Crippen molar-refractivity contribution in [3.63, 3.8) is 0 Å². The Kier molecular flexibility index (Phi) is 8.31. The van der Waals surface area contributed by atoms with Gasteiger partial charge in [0.05, 0.1) is 19.0 Å². The molecule has 0 atom stereocenters. The fourth-order valence-corrected chi connectivity index (χ4v) is 3.93. The van der Waals surface area contributed by atoms with E-state index in [1.54, 1.807) is 12.3 Å². The van der Waals surface area contributed by atoms with Crippen molar-refractivity contribution in [2.45, 2.75) is 0 Å². The van der Waals surface area contributed by atoms with Gasteiger partial charge in [0.1, 0.15) is 5.56 Å². The monoisotopic (exact) mass is 507 g/mol. The van der Waals surface area contributed by atoms with Gasteiger partial charge in [-0.15, -0.1) is 5.10 Å². The second-order valence-corrected chi connectivity index (χ2v) is 9.04. The Balaban J connectivity index is 1.46. The van der Waals surface area contributed by atoms with Crippen molar-refractivity contribution in [3.05, 3.63) is 48.3 Å². The van der Waals surface area contributed by atoms with E-state index in [0.717, 1.165) is 44.0 Å². The number of likely N-dealkylation sites (N-methyl/N-ethyl adjacent to an activating group) is 1. The number of nitrogens with one attached hydrogen (secondary N) is 2. The number of carbonyl (C=O) groups is 2. The first-order chi connectivity index (χ1) is 17.8. The molecule has 2 N–H and O–H groups in total. The molecule has 3 aromatic rings. The van der Waals surface area contributed by atoms with Gasteiger partial charge in [-0.3, -0.25) is 10.2 Å². The quantitative estimate of drug-likeness (QED) is 0.438. The Hall–Kier alpha value is -4.03. The van der Waals surface area contributed by atoms with E-state index in [9.17, 15) is 9.59 Å². The maximum atomic E-state index is 12.5. The number of amides is 2. The minimum absolute atomic E-state index is 0.0632. The molecule has 0 spiro atoms. The Morgan fingerprint density at radius 1 is 1.08 bits per heavy atom. The van der Waals surface area contributed by atoms with Gasteiger partial charge in [0.2, 0.25) is 0 Å². The van der Waals surface area contributed by atoms with Gasteiger partial charge in [0.15, 0.2) is 5.82 Å². The van der Waals surface area contributed by atoms with Gasteiger partial charge in [-0.1, -0.05) is 12.1 Å². The molecular formula is C25H33N9O3. The number of urea groups is 1. The van der Waals surface area contributed by atoms with E-state index in [1.807, 2.05) is 43.3 Å². The third-order valence-electron chi connectivity index (χ3n) is 6.19. The zero-order valence-electron chi connectivity index (χ0n) is 21.6. The largest absolute Gasteiger partial charge is 0.465 e. The molecule has 0 radical (unpaired) electrons. The van der Waals surface area contributed by atoms with Crippen LogP contribution in [0.5, 0.6) is 0 Å². The normalized spacial score (nSPS) is 14.3. The number of rotatable bonds is 8. The number of ether oxygens (including phenoxy) is 1. The van der Waals surface area contributed by atoms with E-state index in [2.05, 4.69) is 42.5 Å². The molecular weight excluding hydrogens is 474 g/mol. The van der Waals surface area contributed by atoms with E-state index < -0.39 is 12.0 Å². The molecule has 0 aliphatic carbocycles. The maximum Gasteiger partial charge on any atom is 0.343 e. The van der Waals surface area contributed by atoms with E-state index >= 15 is 0 Å². The van der Waals surface area contributed by atoms with Crippen LogP contribution < -0.4 is 15.5 Å². The van der Waals surface area contributed by atoms with E-state index in [-0.39, 0.29) is 17.3 Å². The minimum Gasteiger partial charge on any atom is -0.465 e. The maximum absolute atomic E-state index is 12.5. The summed E-state index contributed by atoms with van der Waals surface area (Å²) < 4.78 is 6.23. The van der Waals surface area contributed by atoms with Crippen molar-refractivity contribution in [1.29, 1.82) is 0 Å². The molecule has 0 saturated carbocycles. The van der Waals surface area contributed by atoms with Crippen molar-refractivity contribution < 1.29 is 14.3 Å². The molecule has 1 fully saturated rings. The summed E-state index contributed by atoms with van der Waals surface area (Å²) in [6, 6.07) is 9.30. The van der Waals surface area contributed by atoms with Crippen molar-refractivity contribution >= 4 is 23.5 Å². The van der Waals surface area contributed by atoms with E-state index in [0.29, 0.717) is 12.2 Å². The van der Waals surface area contributed by atoms with Crippen LogP contribution in [0.15, 0.2) is 42.7 Å². The number of anilines is 2. The summed E-state index contributed by atoms with van der Waals surface area (Å²) in [6.45, 7) is 5.18. The van der Waals surface area contributed by atoms with Gasteiger partial charge in [0, 0.05) is 70.8 Å². The second-order valence-electron chi connectivity index (χ2n) is 9.04. The molecule has 12 heteroatoms. The van der Waals surface area contributed by atoms with Crippen LogP contribution in [0, 0.1) is 0 Å². The van der Waals surface area contributed by atoms with Crippen LogP contribution in [0.3, 0.4) is 0 Å². The molecule has 37 heavy (non-hydrogen) atoms. The van der Waals surface area contributed by atoms with Gasteiger partial charge in [-0.25, -0.2) is 24.2 Å². The van der Waals surface area contributed by atoms with Gasteiger partial charge in [-0.05, 0) is 25.2 Å². The van der Waals surface area contributed by atoms with Crippen LogP contribution in [-0.4, -0.2) is 109 Å². The lowest BCUT2D eigenvalue weighted by molar-refractivity contribution is 0.0602. The Labute approximate surface area is 216 Å². The number of nitrogens with zero attached hydrogens (tertiary/aromatic N) is 7. The zero-order chi connectivity index (χ0) is 26.4. The Morgan fingerprint density at radius 2 is 1.81 bits per heavy atom. The summed E-state index contributed by atoms with van der Waals surface area (Å²) >= 11 is 0. The van der Waals surface area contributed by atoms with Crippen molar-refractivity contribution in [2.24, 2.45) is 0 Å². The number of hydrogen-bond acceptors (Lipinski definition) is 9. The van der Waals surface area contributed by atoms with Crippen LogP contribution in [0.4, 0.5) is 16.3 Å². The predicted molar refractivity (Wildman–Crippen MR) is 141 cm³/mol. The van der Waals surface area contributed by atoms with E-state index in [4.69, 9.17) is 4.74 Å². The molecule has 196 valence electrons. The number of aromatic nitrogens is 4. The Morgan fingerprint density at radius 3 is 2.49 bits per heavy atom. The van der Waals surface area contributed by atoms with E-state index in [1.165, 1.54) is 18.0 Å². The van der Waals surface area contributed by atoms with Crippen LogP contribution in [-0.2, 0) is 4.74 Å². The summed E-state index contributed by atoms with van der Waals surface area (Å²) in [5.74, 6) is -0.314. The molecule has 2 amide bonds. The van der Waals surface area contributed by atoms with Gasteiger partial charge in [-0.2, -0.15) is 0 Å². The molecule has 1 aliphatic rings. The van der Waals surface area contributed by atoms with Crippen LogP contribution in [0.25, 0.3) is 17.2 Å². The molecule has 4 rings (SSSR count). The summed E-state index contributed by atoms with van der Waals surface area (Å²) in [5, 5.41) is 9.84. The third-order valence-corrected chi connectivity index (χ3v) is 6.19. The number of carbonyl (C=O) groups excluding carboxylic acids is 2. The topological polar surface area (TPSA) is 121 Å². The molecule has 3 heterocycles. The average Bonchev–Trinajstić information content (AvgIpc) is 3.33. The third kappa shape index (κ3) is 6.60. The molecule has 1 aliphatic heterocycles. The van der Waals surface area contributed by atoms with Gasteiger partial charge in [0.25, 0.3) is 5.95 Å². The van der Waals surface area contributed by atoms with Crippen molar-refractivity contribution in [1.82, 2.24) is 34.9 Å². The standard InChI is InChI=1S/C25H33N9O3/c1-31(2)19-7-5-18(6-8-19)21-9-10-26-24(28-21)34-17-20(23(35)37-4)22(30-34)29-25(36)27-11-12-33-15-13-32(3)14-16-33/h5-10,17H,11-16H2,1-4H3,(H2,27,29,30,36). The highest BCUT2D eigenvalue weighted by molar-refractivity contribution is 5.99. The summed E-state index contributed by atoms with van der Waals surface area (Å²) in [6.07, 6.45) is 3.06. The number of benzene rings is 1. The fraction of sp³-hybridized carbons (Fsp3) is 0.400. The van der Waals surface area contributed by atoms with Crippen LogP contribution in [0.1, 0.15) is 10.4 Å². The number of piperazine rings is 1. The summed E-state index contributed by atoms with van der Waals surface area (Å²) in [5.41, 5.74) is 2.78. The molecule has 1 aromatic carbocycles. The summed E-state index contributed by atoms with van der Waals surface area (Å²) in [7, 11) is 7.33. The van der Waals surface area contributed by atoms with Crippen molar-refractivity contribution in [2.75, 3.05) is 77.7 Å². The highest BCUT2D eigenvalue weighted by atomic mass is 16.5. The van der Waals surface area contributed by atoms with Crippen LogP contribution in [0.2, 0.25) is 0 Å². The fourth-order valence-electron chi connectivity index (χ4n) is 3.93. The first-order valence-electron chi connectivity index (χ1n) is 12.1. The highest BCUT2D eigenvalue weighted by Gasteiger charge is 2.21. The predicted octanol–water partition coefficient (Wildman–Crippen LogP) is 1.55. The lowest BCUT2D eigenvalue weighted by Crippen LogP contribution is -2.47. The van der Waals surface area contributed by atoms with Gasteiger partial charge >= 0.3 is 12.0 Å². The van der Waals surface area contributed by atoms with Crippen LogP contribution >= 0.6 is 0 Å². The van der Waals surface area contributed by atoms with Crippen molar-refractivity contribution in [3.8, 4) is 17.2 Å². The molecule has 2 aromatic heterocycles. The molecule has 1 saturated heterocycles. The number of esters is 1. The molecule has 12 nitrogen and oxygen atoms in total. The van der Waals surface area contributed by atoms with Gasteiger partial charge < -0.3 is 19.9 Å². The molecule has 0 unspecified atom stereocenters. The first-order valence-corrected chi connectivity index (χ1v) is 12.1. The zero-order valence-corrected chi connectivity index (χ0v) is 21.6. The average molecular weight is 508 g/mol. The second kappa shape index (κ2) is 11.8. The number of hydrogen-bond donors (Lipinski definition) is 2. The lowest BCUT2D eigenvalue weighted by Gasteiger charge is -2.32. The number of methoxy groups -OCH3 is 1. The smallest absolute Gasteiger partial charge is 0.343 e. The molecule has 0 bridgehead atoms. The lowest BCUT2D eigenvalue weighted by atomic mass is 10.1. The SMILES string of the molecule is COC(=O)c1cn(-c2nccc(-c3ccc(N(C)C)cc3)n2)nc1NC(=O)NCCN1CCN(C)CC1. The summed E-state index contributed by atoms with van der Waals surface area (Å²) in [4.78, 5) is 40.4. The first kappa shape index (κ1) is 26.0. The minimum atomic E-state index is -0.630.